The van der Waals surface area contributed by atoms with E-state index in [1.54, 1.807) is 12.4 Å². The van der Waals surface area contributed by atoms with Crippen LogP contribution in [0, 0.1) is 3.70 Å². The number of imidazole rings is 1. The SMILES string of the molecule is C=CCn1cnc(I)c1C=C. The van der Waals surface area contributed by atoms with Crippen LogP contribution in [0.2, 0.25) is 0 Å². The summed E-state index contributed by atoms with van der Waals surface area (Å²) in [6.45, 7) is 8.15. The molecule has 2 nitrogen and oxygen atoms in total. The van der Waals surface area contributed by atoms with Crippen molar-refractivity contribution < 1.29 is 0 Å². The molecule has 11 heavy (non-hydrogen) atoms. The number of rotatable bonds is 3. The van der Waals surface area contributed by atoms with E-state index in [-0.39, 0.29) is 0 Å². The van der Waals surface area contributed by atoms with E-state index in [4.69, 9.17) is 0 Å². The molecule has 1 aromatic rings. The van der Waals surface area contributed by atoms with Crippen molar-refractivity contribution in [3.05, 3.63) is 35.0 Å². The van der Waals surface area contributed by atoms with Crippen molar-refractivity contribution in [2.45, 2.75) is 6.54 Å². The molecule has 1 aromatic heterocycles. The lowest BCUT2D eigenvalue weighted by atomic mass is 10.4. The second-order valence-corrected chi connectivity index (χ2v) is 3.09. The van der Waals surface area contributed by atoms with Crippen LogP contribution in [0.3, 0.4) is 0 Å². The summed E-state index contributed by atoms with van der Waals surface area (Å²) in [6.07, 6.45) is 5.43. The fraction of sp³-hybridized carbons (Fsp3) is 0.125. The number of nitrogens with zero attached hydrogens (tertiary/aromatic N) is 2. The molecule has 0 amide bonds. The first-order chi connectivity index (χ1) is 5.29. The maximum atomic E-state index is 4.14. The van der Waals surface area contributed by atoms with Gasteiger partial charge in [0.05, 0.1) is 12.0 Å². The molecule has 0 radical (unpaired) electrons. The Labute approximate surface area is 79.8 Å². The van der Waals surface area contributed by atoms with Gasteiger partial charge in [0.25, 0.3) is 0 Å². The van der Waals surface area contributed by atoms with Crippen LogP contribution < -0.4 is 0 Å². The molecule has 0 saturated carbocycles. The number of aromatic nitrogens is 2. The minimum Gasteiger partial charge on any atom is -0.326 e. The van der Waals surface area contributed by atoms with Crippen molar-refractivity contribution in [2.75, 3.05) is 0 Å². The summed E-state index contributed by atoms with van der Waals surface area (Å²) in [7, 11) is 0. The van der Waals surface area contributed by atoms with Gasteiger partial charge in [-0.2, -0.15) is 0 Å². The number of halogens is 1. The highest BCUT2D eigenvalue weighted by atomic mass is 127. The minimum atomic E-state index is 0.789. The molecule has 0 aliphatic heterocycles. The van der Waals surface area contributed by atoms with Gasteiger partial charge in [-0.25, -0.2) is 4.98 Å². The van der Waals surface area contributed by atoms with E-state index in [1.807, 2.05) is 10.6 Å². The van der Waals surface area contributed by atoms with Crippen LogP contribution >= 0.6 is 22.6 Å². The summed E-state index contributed by atoms with van der Waals surface area (Å²) in [5.74, 6) is 0. The van der Waals surface area contributed by atoms with E-state index in [1.165, 1.54) is 0 Å². The Kier molecular flexibility index (Phi) is 2.87. The third kappa shape index (κ3) is 1.71. The lowest BCUT2D eigenvalue weighted by molar-refractivity contribution is 0.813. The summed E-state index contributed by atoms with van der Waals surface area (Å²) >= 11 is 2.18. The summed E-state index contributed by atoms with van der Waals surface area (Å²) in [4.78, 5) is 4.14. The molecule has 0 aliphatic carbocycles. The molecule has 0 spiro atoms. The smallest absolute Gasteiger partial charge is 0.126 e. The lowest BCUT2D eigenvalue weighted by Gasteiger charge is -1.98. The average molecular weight is 260 g/mol. The van der Waals surface area contributed by atoms with E-state index in [2.05, 4.69) is 40.7 Å². The van der Waals surface area contributed by atoms with E-state index < -0.39 is 0 Å². The van der Waals surface area contributed by atoms with Crippen molar-refractivity contribution in [3.8, 4) is 0 Å². The van der Waals surface area contributed by atoms with Crippen molar-refractivity contribution in [2.24, 2.45) is 0 Å². The summed E-state index contributed by atoms with van der Waals surface area (Å²) in [5, 5.41) is 0. The third-order valence-corrected chi connectivity index (χ3v) is 2.18. The Morgan fingerprint density at radius 2 is 2.36 bits per heavy atom. The summed E-state index contributed by atoms with van der Waals surface area (Å²) in [5.41, 5.74) is 1.06. The summed E-state index contributed by atoms with van der Waals surface area (Å²) in [6, 6.07) is 0. The van der Waals surface area contributed by atoms with Gasteiger partial charge in [-0.1, -0.05) is 12.7 Å². The molecular weight excluding hydrogens is 251 g/mol. The van der Waals surface area contributed by atoms with Gasteiger partial charge in [0.15, 0.2) is 0 Å². The zero-order valence-electron chi connectivity index (χ0n) is 6.13. The van der Waals surface area contributed by atoms with Crippen molar-refractivity contribution in [1.82, 2.24) is 9.55 Å². The zero-order chi connectivity index (χ0) is 8.27. The monoisotopic (exact) mass is 260 g/mol. The second-order valence-electron chi connectivity index (χ2n) is 2.07. The van der Waals surface area contributed by atoms with Gasteiger partial charge >= 0.3 is 0 Å². The maximum absolute atomic E-state index is 4.14. The normalized spacial score (nSPS) is 9.55. The van der Waals surface area contributed by atoms with Gasteiger partial charge in [0.1, 0.15) is 3.70 Å². The van der Waals surface area contributed by atoms with E-state index in [0.29, 0.717) is 0 Å². The average Bonchev–Trinajstić information content (AvgIpc) is 2.33. The molecule has 0 fully saturated rings. The Hall–Kier alpha value is -0.580. The molecule has 0 bridgehead atoms. The predicted octanol–water partition coefficient (Wildman–Crippen LogP) is 2.32. The Morgan fingerprint density at radius 1 is 1.64 bits per heavy atom. The van der Waals surface area contributed by atoms with Gasteiger partial charge in [0, 0.05) is 6.54 Å². The number of hydrogen-bond acceptors (Lipinski definition) is 1. The van der Waals surface area contributed by atoms with Crippen LogP contribution in [0.25, 0.3) is 6.08 Å². The van der Waals surface area contributed by atoms with Crippen molar-refractivity contribution >= 4 is 28.7 Å². The quantitative estimate of drug-likeness (QED) is 0.602. The summed E-state index contributed by atoms with van der Waals surface area (Å²) < 4.78 is 2.99. The highest BCUT2D eigenvalue weighted by molar-refractivity contribution is 14.1. The van der Waals surface area contributed by atoms with Crippen molar-refractivity contribution in [1.29, 1.82) is 0 Å². The molecule has 1 rings (SSSR count). The minimum absolute atomic E-state index is 0.789. The molecule has 58 valence electrons. The van der Waals surface area contributed by atoms with Crippen LogP contribution in [0.5, 0.6) is 0 Å². The largest absolute Gasteiger partial charge is 0.326 e. The second kappa shape index (κ2) is 3.71. The fourth-order valence-corrected chi connectivity index (χ4v) is 1.51. The number of allylic oxidation sites excluding steroid dienone is 1. The molecule has 1 heterocycles. The lowest BCUT2D eigenvalue weighted by Crippen LogP contribution is -1.95. The first-order valence-electron chi connectivity index (χ1n) is 3.23. The van der Waals surface area contributed by atoms with Crippen molar-refractivity contribution in [3.63, 3.8) is 0 Å². The molecule has 3 heteroatoms. The van der Waals surface area contributed by atoms with Crippen LogP contribution in [0.4, 0.5) is 0 Å². The first kappa shape index (κ1) is 8.52. The zero-order valence-corrected chi connectivity index (χ0v) is 8.28. The topological polar surface area (TPSA) is 17.8 Å². The van der Waals surface area contributed by atoms with Gasteiger partial charge in [-0.05, 0) is 28.7 Å². The molecule has 0 unspecified atom stereocenters. The highest BCUT2D eigenvalue weighted by Gasteiger charge is 2.01. The highest BCUT2D eigenvalue weighted by Crippen LogP contribution is 2.11. The fourth-order valence-electron chi connectivity index (χ4n) is 0.853. The Morgan fingerprint density at radius 3 is 2.91 bits per heavy atom. The third-order valence-electron chi connectivity index (χ3n) is 1.35. The van der Waals surface area contributed by atoms with Crippen LogP contribution in [-0.4, -0.2) is 9.55 Å². The predicted molar refractivity (Wildman–Crippen MR) is 55.2 cm³/mol. The van der Waals surface area contributed by atoms with Crippen LogP contribution in [0.1, 0.15) is 5.69 Å². The van der Waals surface area contributed by atoms with Crippen LogP contribution in [-0.2, 0) is 6.54 Å². The van der Waals surface area contributed by atoms with Gasteiger partial charge < -0.3 is 4.57 Å². The molecule has 0 aromatic carbocycles. The Balaban J connectivity index is 3.04. The van der Waals surface area contributed by atoms with Crippen LogP contribution in [0.15, 0.2) is 25.6 Å². The molecule has 0 saturated heterocycles. The van der Waals surface area contributed by atoms with E-state index in [9.17, 15) is 0 Å². The van der Waals surface area contributed by atoms with Gasteiger partial charge in [0.2, 0.25) is 0 Å². The number of hydrogen-bond donors (Lipinski definition) is 0. The molecular formula is C8H9IN2. The van der Waals surface area contributed by atoms with E-state index in [0.717, 1.165) is 15.9 Å². The Bertz CT molecular complexity index is 276. The standard InChI is InChI=1S/C8H9IN2/c1-3-5-11-6-10-8(9)7(11)4-2/h3-4,6H,1-2,5H2. The van der Waals surface area contributed by atoms with E-state index >= 15 is 0 Å². The molecule has 0 N–H and O–H groups in total. The van der Waals surface area contributed by atoms with Gasteiger partial charge in [-0.15, -0.1) is 6.58 Å². The molecule has 0 aliphatic rings. The van der Waals surface area contributed by atoms with Gasteiger partial charge in [-0.3, -0.25) is 0 Å². The molecule has 0 atom stereocenters. The first-order valence-corrected chi connectivity index (χ1v) is 4.31. The maximum Gasteiger partial charge on any atom is 0.126 e.